The van der Waals surface area contributed by atoms with Crippen LogP contribution in [0, 0.1) is 0 Å². The molecule has 1 aromatic rings. The van der Waals surface area contributed by atoms with Crippen molar-refractivity contribution in [3.05, 3.63) is 95.6 Å². The molecule has 1 unspecified atom stereocenters. The van der Waals surface area contributed by atoms with E-state index in [1.807, 2.05) is 19.9 Å². The van der Waals surface area contributed by atoms with Gasteiger partial charge >= 0.3 is 0 Å². The van der Waals surface area contributed by atoms with Crippen molar-refractivity contribution in [2.45, 2.75) is 33.4 Å². The summed E-state index contributed by atoms with van der Waals surface area (Å²) in [5.41, 5.74) is 12.7. The Balaban J connectivity index is 2.98. The lowest BCUT2D eigenvalue weighted by molar-refractivity contribution is 0.672. The predicted molar refractivity (Wildman–Crippen MR) is 140 cm³/mol. The van der Waals surface area contributed by atoms with E-state index < -0.39 is 0 Å². The van der Waals surface area contributed by atoms with E-state index in [-0.39, 0.29) is 6.04 Å². The van der Waals surface area contributed by atoms with Crippen LogP contribution < -0.4 is 16.4 Å². The van der Waals surface area contributed by atoms with Crippen molar-refractivity contribution in [3.63, 3.8) is 0 Å². The van der Waals surface area contributed by atoms with Crippen LogP contribution >= 0.6 is 0 Å². The zero-order chi connectivity index (χ0) is 24.1. The molecule has 0 amide bonds. The largest absolute Gasteiger partial charge is 0.396 e. The molecule has 0 aromatic heterocycles. The summed E-state index contributed by atoms with van der Waals surface area (Å²) in [6.07, 6.45) is 5.28. The summed E-state index contributed by atoms with van der Waals surface area (Å²) < 4.78 is 0. The number of nitrogens with two attached hydrogens (primary N) is 1. The van der Waals surface area contributed by atoms with Crippen molar-refractivity contribution in [2.75, 3.05) is 13.6 Å². The molecule has 4 N–H and O–H groups in total. The zero-order valence-corrected chi connectivity index (χ0v) is 19.8. The number of rotatable bonds is 13. The number of allylic oxidation sites excluding steroid dienone is 5. The lowest BCUT2D eigenvalue weighted by atomic mass is 10.0. The summed E-state index contributed by atoms with van der Waals surface area (Å²) in [5.74, 6) is 0. The fourth-order valence-electron chi connectivity index (χ4n) is 2.70. The molecule has 32 heavy (non-hydrogen) atoms. The minimum atomic E-state index is 0.0333. The predicted octanol–water partition coefficient (Wildman–Crippen LogP) is 4.62. The molecule has 0 spiro atoms. The van der Waals surface area contributed by atoms with Crippen molar-refractivity contribution in [1.29, 1.82) is 0 Å². The van der Waals surface area contributed by atoms with Crippen LogP contribution in [0.4, 0.5) is 0 Å². The lowest BCUT2D eigenvalue weighted by Gasteiger charge is -2.19. The van der Waals surface area contributed by atoms with Gasteiger partial charge in [0.25, 0.3) is 0 Å². The first kappa shape index (κ1) is 26.4. The Labute approximate surface area is 192 Å². The summed E-state index contributed by atoms with van der Waals surface area (Å²) in [5, 5.41) is 6.68. The molecule has 1 rings (SSSR count). The third-order valence-electron chi connectivity index (χ3n) is 4.69. The van der Waals surface area contributed by atoms with Gasteiger partial charge in [0.1, 0.15) is 0 Å². The molecule has 0 aliphatic rings. The van der Waals surface area contributed by atoms with Crippen LogP contribution in [0.25, 0.3) is 0 Å². The SMILES string of the molecule is C=C/C(C)=C/C(=N\C(C)=C(/N)C=NC)C(=C)NC(C)c1ccc(CNC(=C)CN=C)cc1. The van der Waals surface area contributed by atoms with E-state index in [2.05, 4.69) is 83.3 Å². The fraction of sp³-hybridized carbons (Fsp3) is 0.269. The van der Waals surface area contributed by atoms with Crippen LogP contribution in [0.3, 0.4) is 0 Å². The number of aliphatic imine (C=N–C) groups is 3. The lowest BCUT2D eigenvalue weighted by Crippen LogP contribution is -2.22. The fourth-order valence-corrected chi connectivity index (χ4v) is 2.70. The highest BCUT2D eigenvalue weighted by Gasteiger charge is 2.10. The van der Waals surface area contributed by atoms with Gasteiger partial charge in [-0.25, -0.2) is 4.99 Å². The number of nitrogens with zero attached hydrogens (tertiary/aromatic N) is 3. The van der Waals surface area contributed by atoms with Crippen LogP contribution in [0.1, 0.15) is 37.9 Å². The van der Waals surface area contributed by atoms with Gasteiger partial charge in [0.15, 0.2) is 0 Å². The van der Waals surface area contributed by atoms with E-state index in [9.17, 15) is 0 Å². The van der Waals surface area contributed by atoms with E-state index in [4.69, 9.17) is 5.73 Å². The van der Waals surface area contributed by atoms with Crippen LogP contribution in [-0.4, -0.2) is 32.2 Å². The maximum absolute atomic E-state index is 6.02. The summed E-state index contributed by atoms with van der Waals surface area (Å²) in [6.45, 7) is 22.5. The van der Waals surface area contributed by atoms with E-state index in [1.54, 1.807) is 19.3 Å². The van der Waals surface area contributed by atoms with Gasteiger partial charge in [-0.05, 0) is 50.3 Å². The normalized spacial score (nSPS) is 13.9. The first-order valence-electron chi connectivity index (χ1n) is 10.4. The van der Waals surface area contributed by atoms with Gasteiger partial charge in [0, 0.05) is 31.5 Å². The Kier molecular flexibility index (Phi) is 11.2. The number of nitrogens with one attached hydrogen (secondary N) is 2. The number of hydrogen-bond acceptors (Lipinski definition) is 6. The highest BCUT2D eigenvalue weighted by atomic mass is 14.9. The van der Waals surface area contributed by atoms with Gasteiger partial charge in [-0.1, -0.05) is 50.1 Å². The monoisotopic (exact) mass is 432 g/mol. The molecule has 1 aromatic carbocycles. The summed E-state index contributed by atoms with van der Waals surface area (Å²) in [7, 11) is 1.67. The van der Waals surface area contributed by atoms with Gasteiger partial charge in [-0.15, -0.1) is 0 Å². The van der Waals surface area contributed by atoms with E-state index in [1.165, 1.54) is 0 Å². The second-order valence-corrected chi connectivity index (χ2v) is 7.44. The molecular formula is C26H36N6. The van der Waals surface area contributed by atoms with E-state index in [0.717, 1.165) is 22.4 Å². The maximum Gasteiger partial charge on any atom is 0.0861 e. The highest BCUT2D eigenvalue weighted by Crippen LogP contribution is 2.16. The Morgan fingerprint density at radius 3 is 2.41 bits per heavy atom. The van der Waals surface area contributed by atoms with Crippen LogP contribution in [-0.2, 0) is 6.54 Å². The maximum atomic E-state index is 6.02. The highest BCUT2D eigenvalue weighted by molar-refractivity contribution is 6.08. The second-order valence-electron chi connectivity index (χ2n) is 7.44. The minimum Gasteiger partial charge on any atom is -0.396 e. The van der Waals surface area contributed by atoms with Crippen molar-refractivity contribution in [1.82, 2.24) is 10.6 Å². The molecule has 6 heteroatoms. The molecule has 0 aliphatic heterocycles. The molecule has 0 saturated heterocycles. The molecule has 6 nitrogen and oxygen atoms in total. The Hall–Kier alpha value is -3.67. The molecule has 0 heterocycles. The van der Waals surface area contributed by atoms with Gasteiger partial charge in [0.05, 0.1) is 29.3 Å². The van der Waals surface area contributed by atoms with Gasteiger partial charge in [-0.3, -0.25) is 9.98 Å². The molecule has 0 radical (unpaired) electrons. The number of hydrogen-bond donors (Lipinski definition) is 3. The van der Waals surface area contributed by atoms with Gasteiger partial charge in [-0.2, -0.15) is 0 Å². The van der Waals surface area contributed by atoms with Crippen LogP contribution in [0.2, 0.25) is 0 Å². The standard InChI is InChI=1S/C26H36N6/c1-9-18(2)14-26(32-21(5)25(27)17-29-8)22(6)31-20(4)24-12-10-23(11-13-24)16-30-19(3)15-28-7/h9-14,17,20,30-31H,1,3,6-7,15-16,27H2,2,4-5,8H3/b18-14+,25-21-,29-17?,32-26+. The third kappa shape index (κ3) is 9.00. The second kappa shape index (κ2) is 13.6. The average molecular weight is 433 g/mol. The summed E-state index contributed by atoms with van der Waals surface area (Å²) >= 11 is 0. The summed E-state index contributed by atoms with van der Waals surface area (Å²) in [6, 6.07) is 8.40. The van der Waals surface area contributed by atoms with Crippen molar-refractivity contribution in [3.8, 4) is 0 Å². The van der Waals surface area contributed by atoms with Crippen molar-refractivity contribution < 1.29 is 0 Å². The van der Waals surface area contributed by atoms with Crippen molar-refractivity contribution >= 4 is 18.6 Å². The Morgan fingerprint density at radius 2 is 1.84 bits per heavy atom. The molecular weight excluding hydrogens is 396 g/mol. The van der Waals surface area contributed by atoms with Gasteiger partial charge < -0.3 is 16.4 Å². The summed E-state index contributed by atoms with van der Waals surface area (Å²) in [4.78, 5) is 12.4. The quantitative estimate of drug-likeness (QED) is 0.314. The smallest absolute Gasteiger partial charge is 0.0861 e. The molecule has 0 bridgehead atoms. The third-order valence-corrected chi connectivity index (χ3v) is 4.69. The average Bonchev–Trinajstić information content (AvgIpc) is 2.77. The first-order chi connectivity index (χ1) is 15.2. The van der Waals surface area contributed by atoms with Crippen LogP contribution in [0.15, 0.2) is 99.5 Å². The first-order valence-corrected chi connectivity index (χ1v) is 10.4. The van der Waals surface area contributed by atoms with Crippen LogP contribution in [0.5, 0.6) is 0 Å². The molecule has 0 aliphatic carbocycles. The minimum absolute atomic E-state index is 0.0333. The number of benzene rings is 1. The Morgan fingerprint density at radius 1 is 1.19 bits per heavy atom. The molecule has 0 saturated carbocycles. The van der Waals surface area contributed by atoms with Gasteiger partial charge in [0.2, 0.25) is 0 Å². The topological polar surface area (TPSA) is 87.2 Å². The van der Waals surface area contributed by atoms with E-state index in [0.29, 0.717) is 35.9 Å². The zero-order valence-electron chi connectivity index (χ0n) is 19.8. The molecule has 1 atom stereocenters. The Bertz CT molecular complexity index is 945. The van der Waals surface area contributed by atoms with Crippen molar-refractivity contribution in [2.24, 2.45) is 20.7 Å². The van der Waals surface area contributed by atoms with E-state index >= 15 is 0 Å². The molecule has 170 valence electrons. The molecule has 0 fully saturated rings.